The number of rotatable bonds is 7. The molecule has 2 amide bonds. The quantitative estimate of drug-likeness (QED) is 0.399. The van der Waals surface area contributed by atoms with E-state index in [1.165, 1.54) is 12.1 Å². The average Bonchev–Trinajstić information content (AvgIpc) is 3.21. The summed E-state index contributed by atoms with van der Waals surface area (Å²) in [6, 6.07) is 13.2. The van der Waals surface area contributed by atoms with Crippen molar-refractivity contribution in [1.29, 1.82) is 0 Å². The van der Waals surface area contributed by atoms with Crippen LogP contribution in [0.5, 0.6) is 0 Å². The number of hydrogen-bond acceptors (Lipinski definition) is 6. The Morgan fingerprint density at radius 1 is 1.17 bits per heavy atom. The number of anilines is 1. The van der Waals surface area contributed by atoms with Gasteiger partial charge in [-0.05, 0) is 49.6 Å². The molecule has 1 saturated heterocycles. The third-order valence-electron chi connectivity index (χ3n) is 6.80. The molecule has 2 aliphatic heterocycles. The maximum atomic E-state index is 13.6. The maximum Gasteiger partial charge on any atom is 0.246 e. The number of carbonyl (C=O) groups is 2. The zero-order valence-electron chi connectivity index (χ0n) is 19.8. The monoisotopic (exact) mass is 477 g/mol. The number of ether oxygens (including phenoxy) is 1. The van der Waals surface area contributed by atoms with Crippen LogP contribution in [-0.2, 0) is 20.7 Å². The average molecular weight is 478 g/mol. The van der Waals surface area contributed by atoms with E-state index in [9.17, 15) is 20.0 Å². The number of hydrogen-bond donors (Lipinski definition) is 2. The highest BCUT2D eigenvalue weighted by molar-refractivity contribution is 5.97. The Morgan fingerprint density at radius 3 is 2.63 bits per heavy atom. The van der Waals surface area contributed by atoms with Crippen LogP contribution >= 0.6 is 0 Å². The lowest BCUT2D eigenvalue weighted by Crippen LogP contribution is -2.63. The summed E-state index contributed by atoms with van der Waals surface area (Å²) in [4.78, 5) is 33.9. The normalized spacial score (nSPS) is 19.9. The highest BCUT2D eigenvalue weighted by atomic mass is 16.8. The van der Waals surface area contributed by atoms with Crippen molar-refractivity contribution in [2.75, 3.05) is 24.9 Å². The molecule has 0 bridgehead atoms. The highest BCUT2D eigenvalue weighted by Gasteiger charge is 2.48. The number of H-pyrrole nitrogens is 1. The minimum absolute atomic E-state index is 0.0200. The molecule has 9 nitrogen and oxygen atoms in total. The third-order valence-corrected chi connectivity index (χ3v) is 6.80. The molecule has 184 valence electrons. The summed E-state index contributed by atoms with van der Waals surface area (Å²) in [5, 5.41) is 21.4. The van der Waals surface area contributed by atoms with Crippen molar-refractivity contribution in [2.45, 2.75) is 44.9 Å². The van der Waals surface area contributed by atoms with Crippen LogP contribution in [0.4, 0.5) is 5.69 Å². The first-order valence-electron chi connectivity index (χ1n) is 11.9. The molecule has 0 spiro atoms. The number of piperazine rings is 1. The summed E-state index contributed by atoms with van der Waals surface area (Å²) in [6.45, 7) is 4.96. The van der Waals surface area contributed by atoms with Gasteiger partial charge in [0.15, 0.2) is 0 Å². The summed E-state index contributed by atoms with van der Waals surface area (Å²) in [6.07, 6.45) is 1.22. The van der Waals surface area contributed by atoms with E-state index >= 15 is 0 Å². The zero-order valence-corrected chi connectivity index (χ0v) is 19.8. The van der Waals surface area contributed by atoms with Gasteiger partial charge in [0, 0.05) is 36.2 Å². The fourth-order valence-electron chi connectivity index (χ4n) is 5.22. The molecule has 2 aromatic carbocycles. The second kappa shape index (κ2) is 9.33. The molecule has 0 saturated carbocycles. The molecule has 2 atom stereocenters. The van der Waals surface area contributed by atoms with Gasteiger partial charge in [-0.2, -0.15) is 0 Å². The second-order valence-corrected chi connectivity index (χ2v) is 9.38. The van der Waals surface area contributed by atoms with Gasteiger partial charge in [-0.15, -0.1) is 0 Å². The van der Waals surface area contributed by atoms with Crippen LogP contribution < -0.4 is 5.23 Å². The highest BCUT2D eigenvalue weighted by Crippen LogP contribution is 2.42. The summed E-state index contributed by atoms with van der Waals surface area (Å²) in [5.74, 6) is -0.182. The fraction of sp³-hybridized carbons (Fsp3) is 0.385. The van der Waals surface area contributed by atoms with Crippen molar-refractivity contribution in [2.24, 2.45) is 0 Å². The molecule has 1 fully saturated rings. The van der Waals surface area contributed by atoms with Crippen LogP contribution in [0.15, 0.2) is 48.5 Å². The van der Waals surface area contributed by atoms with Crippen LogP contribution in [0.3, 0.4) is 0 Å². The minimum Gasteiger partial charge on any atom is -0.733 e. The molecule has 2 aliphatic rings. The van der Waals surface area contributed by atoms with Crippen LogP contribution in [0.1, 0.15) is 43.1 Å². The van der Waals surface area contributed by atoms with E-state index in [1.807, 2.05) is 38.1 Å². The van der Waals surface area contributed by atoms with Crippen LogP contribution in [0.2, 0.25) is 0 Å². The fourth-order valence-corrected chi connectivity index (χ4v) is 5.22. The van der Waals surface area contributed by atoms with Crippen molar-refractivity contribution in [3.8, 4) is 0 Å². The van der Waals surface area contributed by atoms with E-state index in [1.54, 1.807) is 21.9 Å². The van der Waals surface area contributed by atoms with Gasteiger partial charge in [0.2, 0.25) is 11.8 Å². The van der Waals surface area contributed by atoms with Crippen LogP contribution in [0, 0.1) is 5.21 Å². The Kier molecular flexibility index (Phi) is 6.22. The largest absolute Gasteiger partial charge is 0.733 e. The number of carbonyl (C=O) groups excluding carboxylic acids is 2. The summed E-state index contributed by atoms with van der Waals surface area (Å²) in [7, 11) is 0. The molecular weight excluding hydrogens is 448 g/mol. The van der Waals surface area contributed by atoms with Crippen molar-refractivity contribution < 1.29 is 19.5 Å². The molecular formula is C26H29N4O5-. The smallest absolute Gasteiger partial charge is 0.246 e. The lowest BCUT2D eigenvalue weighted by Gasteiger charge is -2.47. The van der Waals surface area contributed by atoms with Gasteiger partial charge in [0.05, 0.1) is 24.4 Å². The minimum atomic E-state index is -0.618. The molecule has 9 heteroatoms. The van der Waals surface area contributed by atoms with Crippen molar-refractivity contribution in [1.82, 2.24) is 14.8 Å². The number of nitrogens with one attached hydrogen (secondary N) is 1. The first-order chi connectivity index (χ1) is 16.8. The van der Waals surface area contributed by atoms with E-state index in [4.69, 9.17) is 4.74 Å². The van der Waals surface area contributed by atoms with E-state index in [0.29, 0.717) is 26.0 Å². The Balaban J connectivity index is 1.52. The molecule has 5 rings (SSSR count). The lowest BCUT2D eigenvalue weighted by atomic mass is 9.86. The molecule has 3 aromatic rings. The van der Waals surface area contributed by atoms with Gasteiger partial charge in [0.25, 0.3) is 0 Å². The Morgan fingerprint density at radius 2 is 1.91 bits per heavy atom. The molecule has 0 aliphatic carbocycles. The Hall–Kier alpha value is -3.40. The molecule has 0 radical (unpaired) electrons. The predicted molar refractivity (Wildman–Crippen MR) is 131 cm³/mol. The molecule has 35 heavy (non-hydrogen) atoms. The molecule has 1 unspecified atom stereocenters. The number of nitrogens with zero attached hydrogens (tertiary/aromatic N) is 3. The number of benzene rings is 2. The predicted octanol–water partition coefficient (Wildman–Crippen LogP) is 3.36. The number of fused-ring (bicyclic) bond motifs is 4. The number of amides is 2. The number of aromatic nitrogens is 1. The summed E-state index contributed by atoms with van der Waals surface area (Å²) >= 11 is 0. The van der Waals surface area contributed by atoms with Crippen molar-refractivity contribution in [3.63, 3.8) is 0 Å². The lowest BCUT2D eigenvalue weighted by molar-refractivity contribution is -0.158. The van der Waals surface area contributed by atoms with Gasteiger partial charge in [-0.1, -0.05) is 30.3 Å². The van der Waals surface area contributed by atoms with E-state index < -0.39 is 12.1 Å². The van der Waals surface area contributed by atoms with E-state index in [0.717, 1.165) is 27.7 Å². The summed E-state index contributed by atoms with van der Waals surface area (Å²) < 4.78 is 5.61. The topological polar surface area (TPSA) is 112 Å². The summed E-state index contributed by atoms with van der Waals surface area (Å²) in [5.41, 5.74) is 3.69. The molecule has 1 aromatic heterocycles. The molecule has 2 N–H and O–H groups in total. The second-order valence-electron chi connectivity index (χ2n) is 9.38. The first-order valence-corrected chi connectivity index (χ1v) is 11.9. The third kappa shape index (κ3) is 4.27. The molecule has 3 heterocycles. The van der Waals surface area contributed by atoms with Crippen LogP contribution in [-0.4, -0.2) is 63.6 Å². The Bertz CT molecular complexity index is 1240. The van der Waals surface area contributed by atoms with Gasteiger partial charge < -0.3 is 30.0 Å². The maximum absolute atomic E-state index is 13.6. The Labute approximate surface area is 203 Å². The van der Waals surface area contributed by atoms with Crippen molar-refractivity contribution in [3.05, 3.63) is 70.6 Å². The zero-order chi connectivity index (χ0) is 24.7. The number of aromatic amines is 1. The first kappa shape index (κ1) is 23.3. The van der Waals surface area contributed by atoms with Crippen LogP contribution in [0.25, 0.3) is 10.9 Å². The SMILES string of the molecule is CC(C)OCCCN1CC(=O)N2C(c3ccc(N([O-])O)cc3)c3[nH]c4ccccc4c3C[C@H]2C1=O. The van der Waals surface area contributed by atoms with Gasteiger partial charge in [-0.3, -0.25) is 14.8 Å². The van der Waals surface area contributed by atoms with E-state index in [-0.39, 0.29) is 35.4 Å². The standard InChI is InChI=1S/C26H29N4O5/c1-16(2)35-13-5-12-28-15-23(31)29-22(26(28)32)14-20-19-6-3-4-7-21(19)27-24(20)25(29)17-8-10-18(11-9-17)30(33)34/h3-4,6-11,16,22,25,27,33H,5,12-15H2,1-2H3/q-1/t22-,25?/m0/s1. The van der Waals surface area contributed by atoms with E-state index in [2.05, 4.69) is 4.98 Å². The number of para-hydroxylation sites is 1. The van der Waals surface area contributed by atoms with Gasteiger partial charge in [0.1, 0.15) is 6.04 Å². The van der Waals surface area contributed by atoms with Gasteiger partial charge >= 0.3 is 0 Å². The van der Waals surface area contributed by atoms with Gasteiger partial charge in [-0.25, -0.2) is 0 Å². The van der Waals surface area contributed by atoms with Crippen molar-refractivity contribution >= 4 is 28.4 Å².